The zero-order valence-electron chi connectivity index (χ0n) is 22.4. The largest absolute Gasteiger partial charge is 0.481 e. The van der Waals surface area contributed by atoms with Crippen molar-refractivity contribution < 1.29 is 29.1 Å². The third kappa shape index (κ3) is 7.91. The Morgan fingerprint density at radius 2 is 1.61 bits per heavy atom. The fourth-order valence-electron chi connectivity index (χ4n) is 4.53. The van der Waals surface area contributed by atoms with E-state index in [9.17, 15) is 24.0 Å². The number of carboxylic acid groups (broad SMARTS) is 1. The predicted octanol–water partition coefficient (Wildman–Crippen LogP) is 2.99. The molecule has 0 saturated carbocycles. The number of carbonyl (C=O) groups excluding carboxylic acids is 4. The van der Waals surface area contributed by atoms with E-state index in [4.69, 9.17) is 5.11 Å². The molecule has 1 unspecified atom stereocenters. The summed E-state index contributed by atoms with van der Waals surface area (Å²) in [4.78, 5) is 64.8. The van der Waals surface area contributed by atoms with Gasteiger partial charge in [-0.3, -0.25) is 19.2 Å². The van der Waals surface area contributed by atoms with E-state index in [2.05, 4.69) is 21.3 Å². The molecule has 0 radical (unpaired) electrons. The number of benzene rings is 3. The van der Waals surface area contributed by atoms with Crippen molar-refractivity contribution in [2.24, 2.45) is 0 Å². The van der Waals surface area contributed by atoms with Gasteiger partial charge in [-0.15, -0.1) is 0 Å². The zero-order valence-corrected chi connectivity index (χ0v) is 22.4. The number of hydrogen-bond acceptors (Lipinski definition) is 5. The average molecular weight is 558 g/mol. The van der Waals surface area contributed by atoms with Gasteiger partial charge in [-0.25, -0.2) is 4.79 Å². The van der Waals surface area contributed by atoms with Crippen LogP contribution in [0, 0.1) is 0 Å². The number of rotatable bonds is 10. The van der Waals surface area contributed by atoms with E-state index in [0.717, 1.165) is 11.1 Å². The minimum Gasteiger partial charge on any atom is -0.481 e. The van der Waals surface area contributed by atoms with E-state index in [-0.39, 0.29) is 24.1 Å². The number of carbonyl (C=O) groups is 5. The lowest BCUT2D eigenvalue weighted by molar-refractivity contribution is -0.137. The summed E-state index contributed by atoms with van der Waals surface area (Å²) in [7, 11) is 0. The quantitative estimate of drug-likeness (QED) is 0.258. The van der Waals surface area contributed by atoms with Crippen LogP contribution in [0.15, 0.2) is 78.9 Å². The molecule has 11 heteroatoms. The first-order valence-corrected chi connectivity index (χ1v) is 13.1. The normalized spacial score (nSPS) is 15.1. The molecule has 4 rings (SSSR count). The van der Waals surface area contributed by atoms with Gasteiger partial charge in [0, 0.05) is 24.7 Å². The molecule has 41 heavy (non-hydrogen) atoms. The van der Waals surface area contributed by atoms with Crippen molar-refractivity contribution in [2.45, 2.75) is 38.4 Å². The Kier molecular flexibility index (Phi) is 9.31. The van der Waals surface area contributed by atoms with Gasteiger partial charge in [-0.1, -0.05) is 60.7 Å². The highest BCUT2D eigenvalue weighted by Gasteiger charge is 2.37. The smallest absolute Gasteiger partial charge is 0.319 e. The van der Waals surface area contributed by atoms with Crippen LogP contribution in [0.2, 0.25) is 0 Å². The number of carboxylic acids is 1. The van der Waals surface area contributed by atoms with Crippen molar-refractivity contribution in [3.05, 3.63) is 95.6 Å². The number of hydrogen-bond donors (Lipinski definition) is 5. The number of nitrogens with one attached hydrogen (secondary N) is 4. The van der Waals surface area contributed by atoms with Crippen LogP contribution in [-0.2, 0) is 27.3 Å². The Labute approximate surface area is 236 Å². The van der Waals surface area contributed by atoms with E-state index < -0.39 is 48.4 Å². The topological polar surface area (TPSA) is 157 Å². The van der Waals surface area contributed by atoms with Gasteiger partial charge in [0.05, 0.1) is 17.7 Å². The molecule has 0 fully saturated rings. The van der Waals surface area contributed by atoms with Crippen molar-refractivity contribution in [3.63, 3.8) is 0 Å². The van der Waals surface area contributed by atoms with Crippen LogP contribution >= 0.6 is 0 Å². The first-order chi connectivity index (χ1) is 19.7. The Hall–Kier alpha value is -5.19. The molecule has 0 aliphatic carbocycles. The molecule has 0 aromatic heterocycles. The number of aliphatic carboxylic acids is 1. The van der Waals surface area contributed by atoms with E-state index in [1.165, 1.54) is 17.0 Å². The van der Waals surface area contributed by atoms with Crippen LogP contribution in [-0.4, -0.2) is 58.4 Å². The first kappa shape index (κ1) is 28.8. The van der Waals surface area contributed by atoms with Gasteiger partial charge in [0.25, 0.3) is 5.91 Å². The van der Waals surface area contributed by atoms with E-state index in [0.29, 0.717) is 12.2 Å². The Morgan fingerprint density at radius 1 is 0.951 bits per heavy atom. The highest BCUT2D eigenvalue weighted by molar-refractivity contribution is 6.11. The number of anilines is 2. The van der Waals surface area contributed by atoms with Gasteiger partial charge in [0.2, 0.25) is 11.8 Å². The lowest BCUT2D eigenvalue weighted by Gasteiger charge is -2.29. The molecule has 3 aromatic carbocycles. The summed E-state index contributed by atoms with van der Waals surface area (Å²) in [5.74, 6) is -2.75. The number of amides is 5. The second-order valence-electron chi connectivity index (χ2n) is 9.75. The van der Waals surface area contributed by atoms with Crippen molar-refractivity contribution in [1.29, 1.82) is 0 Å². The van der Waals surface area contributed by atoms with E-state index >= 15 is 0 Å². The average Bonchev–Trinajstić information content (AvgIpc) is 3.03. The highest BCUT2D eigenvalue weighted by Crippen LogP contribution is 2.28. The summed E-state index contributed by atoms with van der Waals surface area (Å²) in [6, 6.07) is 20.8. The molecule has 1 aliphatic rings. The standard InChI is InChI=1S/C30H31N5O6/c1-19(14-27(37)38)32-26(36)18-35-25(15-20-8-4-2-5-9-20)28(39)34-24-13-12-22(16-23(24)29(35)40)33-30(41)31-17-21-10-6-3-7-11-21/h2-13,16,19,25H,14-15,17-18H2,1H3,(H,32,36)(H,34,39)(H,37,38)(H2,31,33,41)/t19?,25-/m0/s1. The molecular formula is C30H31N5O6. The van der Waals surface area contributed by atoms with Crippen LogP contribution in [0.5, 0.6) is 0 Å². The fraction of sp³-hybridized carbons (Fsp3) is 0.233. The Balaban J connectivity index is 1.56. The number of fused-ring (bicyclic) bond motifs is 1. The molecule has 3 aromatic rings. The maximum atomic E-state index is 13.9. The molecule has 0 bridgehead atoms. The summed E-state index contributed by atoms with van der Waals surface area (Å²) in [5.41, 5.74) is 2.36. The molecule has 0 saturated heterocycles. The van der Waals surface area contributed by atoms with Crippen molar-refractivity contribution in [3.8, 4) is 0 Å². The molecular weight excluding hydrogens is 526 g/mol. The molecule has 212 valence electrons. The number of urea groups is 1. The summed E-state index contributed by atoms with van der Waals surface area (Å²) < 4.78 is 0. The molecule has 1 heterocycles. The second kappa shape index (κ2) is 13.2. The van der Waals surface area contributed by atoms with E-state index in [1.54, 1.807) is 13.0 Å². The third-order valence-electron chi connectivity index (χ3n) is 6.48. The monoisotopic (exact) mass is 557 g/mol. The van der Waals surface area contributed by atoms with Crippen molar-refractivity contribution in [2.75, 3.05) is 17.2 Å². The maximum Gasteiger partial charge on any atom is 0.319 e. The van der Waals surface area contributed by atoms with Gasteiger partial charge in [-0.2, -0.15) is 0 Å². The van der Waals surface area contributed by atoms with Crippen LogP contribution in [0.4, 0.5) is 16.2 Å². The minimum atomic E-state index is -1.08. The Morgan fingerprint density at radius 3 is 2.27 bits per heavy atom. The van der Waals surface area contributed by atoms with Gasteiger partial charge in [0.1, 0.15) is 12.6 Å². The summed E-state index contributed by atoms with van der Waals surface area (Å²) in [6.45, 7) is 1.37. The number of nitrogens with zero attached hydrogens (tertiary/aromatic N) is 1. The minimum absolute atomic E-state index is 0.0983. The van der Waals surface area contributed by atoms with Gasteiger partial charge in [0.15, 0.2) is 0 Å². The molecule has 5 amide bonds. The summed E-state index contributed by atoms with van der Waals surface area (Å²) >= 11 is 0. The van der Waals surface area contributed by atoms with E-state index in [1.807, 2.05) is 60.7 Å². The summed E-state index contributed by atoms with van der Waals surface area (Å²) in [5, 5.41) is 19.8. The molecule has 5 N–H and O–H groups in total. The molecule has 11 nitrogen and oxygen atoms in total. The fourth-order valence-corrected chi connectivity index (χ4v) is 4.53. The van der Waals surface area contributed by atoms with Gasteiger partial charge < -0.3 is 31.3 Å². The van der Waals surface area contributed by atoms with Gasteiger partial charge in [-0.05, 0) is 36.2 Å². The third-order valence-corrected chi connectivity index (χ3v) is 6.48. The molecule has 1 aliphatic heterocycles. The van der Waals surface area contributed by atoms with Crippen LogP contribution in [0.25, 0.3) is 0 Å². The van der Waals surface area contributed by atoms with Crippen molar-refractivity contribution in [1.82, 2.24) is 15.5 Å². The molecule has 2 atom stereocenters. The lowest BCUT2D eigenvalue weighted by Crippen LogP contribution is -2.51. The molecule has 0 spiro atoms. The SMILES string of the molecule is CC(CC(=O)O)NC(=O)CN1C(=O)c2cc(NC(=O)NCc3ccccc3)ccc2NC(=O)[C@@H]1Cc1ccccc1. The lowest BCUT2D eigenvalue weighted by atomic mass is 10.0. The zero-order chi connectivity index (χ0) is 29.4. The maximum absolute atomic E-state index is 13.9. The van der Waals surface area contributed by atoms with Crippen molar-refractivity contribution >= 4 is 41.1 Å². The second-order valence-corrected chi connectivity index (χ2v) is 9.75. The Bertz CT molecular complexity index is 1430. The first-order valence-electron chi connectivity index (χ1n) is 13.1. The predicted molar refractivity (Wildman–Crippen MR) is 152 cm³/mol. The van der Waals surface area contributed by atoms with Crippen LogP contribution in [0.1, 0.15) is 34.8 Å². The van der Waals surface area contributed by atoms with Crippen LogP contribution in [0.3, 0.4) is 0 Å². The van der Waals surface area contributed by atoms with Crippen LogP contribution < -0.4 is 21.3 Å². The van der Waals surface area contributed by atoms with Gasteiger partial charge >= 0.3 is 12.0 Å². The summed E-state index contributed by atoms with van der Waals surface area (Å²) in [6.07, 6.45) is -0.144. The highest BCUT2D eigenvalue weighted by atomic mass is 16.4.